The van der Waals surface area contributed by atoms with E-state index in [1.807, 2.05) is 0 Å². The summed E-state index contributed by atoms with van der Waals surface area (Å²) >= 11 is 0. The van der Waals surface area contributed by atoms with Crippen LogP contribution in [0, 0.1) is 5.92 Å². The molecule has 0 saturated heterocycles. The Balaban J connectivity index is 2.29. The number of amides is 1. The fraction of sp³-hybridized carbons (Fsp3) is 0.625. The van der Waals surface area contributed by atoms with Crippen LogP contribution in [0.2, 0.25) is 0 Å². The fourth-order valence-electron chi connectivity index (χ4n) is 1.46. The van der Waals surface area contributed by atoms with Crippen molar-refractivity contribution in [3.8, 4) is 0 Å². The average Bonchev–Trinajstić information content (AvgIpc) is 2.61. The Labute approximate surface area is 92.9 Å². The van der Waals surface area contributed by atoms with Crippen molar-refractivity contribution in [3.05, 3.63) is 12.2 Å². The molecular formula is C8H15N2O5P. The zero-order valence-electron chi connectivity index (χ0n) is 8.57. The predicted octanol–water partition coefficient (Wildman–Crippen LogP) is -0.885. The number of phosphoric acid groups is 1. The highest BCUT2D eigenvalue weighted by molar-refractivity contribution is 7.46. The highest BCUT2D eigenvalue weighted by Crippen LogP contribution is 2.37. The SMILES string of the molecule is NCC(=O)N[C@H]1C=C[C@@H](COP(=O)(O)O)C1. The highest BCUT2D eigenvalue weighted by Gasteiger charge is 2.23. The molecule has 0 heterocycles. The molecule has 0 radical (unpaired) electrons. The largest absolute Gasteiger partial charge is 0.469 e. The van der Waals surface area contributed by atoms with Gasteiger partial charge < -0.3 is 20.8 Å². The molecule has 8 heteroatoms. The molecule has 0 aromatic carbocycles. The third kappa shape index (κ3) is 4.87. The number of nitrogens with two attached hydrogens (primary N) is 1. The van der Waals surface area contributed by atoms with Gasteiger partial charge in [0.1, 0.15) is 0 Å². The van der Waals surface area contributed by atoms with Crippen LogP contribution in [0.5, 0.6) is 0 Å². The van der Waals surface area contributed by atoms with Crippen LogP contribution in [0.25, 0.3) is 0 Å². The summed E-state index contributed by atoms with van der Waals surface area (Å²) in [7, 11) is -4.41. The van der Waals surface area contributed by atoms with E-state index in [9.17, 15) is 9.36 Å². The first kappa shape index (κ1) is 13.3. The van der Waals surface area contributed by atoms with Crippen molar-refractivity contribution in [2.45, 2.75) is 12.5 Å². The van der Waals surface area contributed by atoms with Crippen LogP contribution in [-0.2, 0) is 13.9 Å². The van der Waals surface area contributed by atoms with Gasteiger partial charge in [-0.2, -0.15) is 0 Å². The van der Waals surface area contributed by atoms with Crippen LogP contribution in [0.4, 0.5) is 0 Å². The first-order valence-electron chi connectivity index (χ1n) is 4.78. The maximum atomic E-state index is 11.0. The van der Waals surface area contributed by atoms with Crippen LogP contribution < -0.4 is 11.1 Å². The van der Waals surface area contributed by atoms with Crippen LogP contribution in [0.3, 0.4) is 0 Å². The summed E-state index contributed by atoms with van der Waals surface area (Å²) in [6.45, 7) is -0.135. The summed E-state index contributed by atoms with van der Waals surface area (Å²) in [6, 6.07) is -0.138. The predicted molar refractivity (Wildman–Crippen MR) is 56.2 cm³/mol. The highest BCUT2D eigenvalue weighted by atomic mass is 31.2. The molecule has 0 bridgehead atoms. The van der Waals surface area contributed by atoms with Crippen molar-refractivity contribution >= 4 is 13.7 Å². The maximum Gasteiger partial charge on any atom is 0.469 e. The second-order valence-electron chi connectivity index (χ2n) is 3.55. The summed E-state index contributed by atoms with van der Waals surface area (Å²) in [5.74, 6) is -0.359. The van der Waals surface area contributed by atoms with E-state index in [4.69, 9.17) is 15.5 Å². The van der Waals surface area contributed by atoms with Crippen molar-refractivity contribution in [1.82, 2.24) is 5.32 Å². The third-order valence-electron chi connectivity index (χ3n) is 2.16. The maximum absolute atomic E-state index is 11.0. The Kier molecular flexibility index (Phi) is 4.64. The number of phosphoric ester groups is 1. The summed E-state index contributed by atoms with van der Waals surface area (Å²) in [5.41, 5.74) is 5.14. The topological polar surface area (TPSA) is 122 Å². The smallest absolute Gasteiger partial charge is 0.349 e. The second kappa shape index (κ2) is 5.56. The molecule has 0 aliphatic heterocycles. The molecule has 0 spiro atoms. The van der Waals surface area contributed by atoms with Crippen molar-refractivity contribution in [1.29, 1.82) is 0 Å². The lowest BCUT2D eigenvalue weighted by Crippen LogP contribution is -2.37. The molecule has 92 valence electrons. The van der Waals surface area contributed by atoms with Gasteiger partial charge in [-0.05, 0) is 6.42 Å². The lowest BCUT2D eigenvalue weighted by Gasteiger charge is -2.13. The molecule has 7 nitrogen and oxygen atoms in total. The molecule has 1 aliphatic rings. The Morgan fingerprint density at radius 1 is 1.56 bits per heavy atom. The summed E-state index contributed by atoms with van der Waals surface area (Å²) in [5, 5.41) is 2.66. The molecule has 1 amide bonds. The zero-order chi connectivity index (χ0) is 12.2. The number of carbonyl (C=O) groups is 1. The van der Waals surface area contributed by atoms with E-state index in [1.165, 1.54) is 0 Å². The van der Waals surface area contributed by atoms with Gasteiger partial charge >= 0.3 is 7.82 Å². The van der Waals surface area contributed by atoms with Gasteiger partial charge in [0.2, 0.25) is 5.91 Å². The van der Waals surface area contributed by atoms with Gasteiger partial charge in [0.15, 0.2) is 0 Å². The van der Waals surface area contributed by atoms with Gasteiger partial charge in [-0.25, -0.2) is 4.57 Å². The minimum atomic E-state index is -4.41. The van der Waals surface area contributed by atoms with Crippen LogP contribution >= 0.6 is 7.82 Å². The van der Waals surface area contributed by atoms with E-state index in [-0.39, 0.29) is 31.0 Å². The molecular weight excluding hydrogens is 235 g/mol. The van der Waals surface area contributed by atoms with E-state index < -0.39 is 7.82 Å². The van der Waals surface area contributed by atoms with E-state index in [1.54, 1.807) is 12.2 Å². The number of hydrogen-bond acceptors (Lipinski definition) is 4. The number of nitrogens with one attached hydrogen (secondary N) is 1. The molecule has 0 unspecified atom stereocenters. The van der Waals surface area contributed by atoms with Gasteiger partial charge in [-0.3, -0.25) is 9.32 Å². The van der Waals surface area contributed by atoms with Crippen molar-refractivity contribution < 1.29 is 23.7 Å². The molecule has 0 aromatic rings. The third-order valence-corrected chi connectivity index (χ3v) is 2.65. The first-order valence-corrected chi connectivity index (χ1v) is 6.31. The van der Waals surface area contributed by atoms with Crippen molar-refractivity contribution in [2.75, 3.05) is 13.2 Å². The molecule has 0 fully saturated rings. The van der Waals surface area contributed by atoms with Crippen LogP contribution in [0.1, 0.15) is 6.42 Å². The number of rotatable bonds is 5. The number of carbonyl (C=O) groups excluding carboxylic acids is 1. The second-order valence-corrected chi connectivity index (χ2v) is 4.78. The Bertz CT molecular complexity index is 326. The Hall–Kier alpha value is -0.720. The van der Waals surface area contributed by atoms with E-state index >= 15 is 0 Å². The molecule has 5 N–H and O–H groups in total. The molecule has 1 aliphatic carbocycles. The van der Waals surface area contributed by atoms with Crippen molar-refractivity contribution in [3.63, 3.8) is 0 Å². The van der Waals surface area contributed by atoms with Gasteiger partial charge in [-0.15, -0.1) is 0 Å². The van der Waals surface area contributed by atoms with Crippen LogP contribution in [0.15, 0.2) is 12.2 Å². The standard InChI is InChI=1S/C8H15N2O5P/c9-4-8(11)10-7-2-1-6(3-7)5-15-16(12,13)14/h1-2,6-7H,3-5,9H2,(H,10,11)(H2,12,13,14)/t6-,7+/m1/s1. The Morgan fingerprint density at radius 3 is 2.81 bits per heavy atom. The zero-order valence-corrected chi connectivity index (χ0v) is 9.47. The molecule has 0 saturated carbocycles. The fourth-order valence-corrected chi connectivity index (χ4v) is 1.85. The van der Waals surface area contributed by atoms with Gasteiger partial charge in [0.25, 0.3) is 0 Å². The molecule has 0 aromatic heterocycles. The van der Waals surface area contributed by atoms with E-state index in [2.05, 4.69) is 9.84 Å². The van der Waals surface area contributed by atoms with Gasteiger partial charge in [0, 0.05) is 12.0 Å². The minimum Gasteiger partial charge on any atom is -0.349 e. The lowest BCUT2D eigenvalue weighted by atomic mass is 10.1. The van der Waals surface area contributed by atoms with Crippen molar-refractivity contribution in [2.24, 2.45) is 11.7 Å². The van der Waals surface area contributed by atoms with Crippen LogP contribution in [-0.4, -0.2) is 34.9 Å². The summed E-state index contributed by atoms with van der Waals surface area (Å²) < 4.78 is 14.8. The normalized spacial score (nSPS) is 24.7. The molecule has 16 heavy (non-hydrogen) atoms. The molecule has 2 atom stereocenters. The molecule has 1 rings (SSSR count). The number of hydrogen-bond donors (Lipinski definition) is 4. The minimum absolute atomic E-state index is 0.0597. The average molecular weight is 250 g/mol. The summed E-state index contributed by atoms with van der Waals surface area (Å²) in [6.07, 6.45) is 4.09. The van der Waals surface area contributed by atoms with E-state index in [0.717, 1.165) is 0 Å². The lowest BCUT2D eigenvalue weighted by molar-refractivity contribution is -0.120. The monoisotopic (exact) mass is 250 g/mol. The quantitative estimate of drug-likeness (QED) is 0.371. The van der Waals surface area contributed by atoms with Gasteiger partial charge in [0.05, 0.1) is 13.2 Å². The first-order chi connectivity index (χ1) is 7.40. The Morgan fingerprint density at radius 2 is 2.25 bits per heavy atom. The van der Waals surface area contributed by atoms with Gasteiger partial charge in [-0.1, -0.05) is 12.2 Å². The van der Waals surface area contributed by atoms with E-state index in [0.29, 0.717) is 6.42 Å². The summed E-state index contributed by atoms with van der Waals surface area (Å²) in [4.78, 5) is 28.0.